The molecule has 0 saturated carbocycles. The Morgan fingerprint density at radius 2 is 1.95 bits per heavy atom. The number of nitrogens with zero attached hydrogens (tertiary/aromatic N) is 2. The van der Waals surface area contributed by atoms with Gasteiger partial charge < -0.3 is 5.21 Å². The Morgan fingerprint density at radius 1 is 1.11 bits per heavy atom. The van der Waals surface area contributed by atoms with Gasteiger partial charge in [0.05, 0.1) is 5.52 Å². The fourth-order valence-electron chi connectivity index (χ4n) is 1.88. The van der Waals surface area contributed by atoms with Crippen molar-refractivity contribution in [2.45, 2.75) is 10.8 Å². The van der Waals surface area contributed by atoms with E-state index in [0.717, 1.165) is 26.9 Å². The molecule has 3 nitrogen and oxygen atoms in total. The third-order valence-corrected chi connectivity index (χ3v) is 3.91. The number of hydrogen-bond donors (Lipinski definition) is 0. The summed E-state index contributed by atoms with van der Waals surface area (Å²) < 4.78 is 0.888. The highest BCUT2D eigenvalue weighted by Crippen LogP contribution is 2.21. The lowest BCUT2D eigenvalue weighted by Crippen LogP contribution is -2.27. The summed E-state index contributed by atoms with van der Waals surface area (Å²) in [5, 5.41) is 13.4. The van der Waals surface area contributed by atoms with Crippen LogP contribution in [0.25, 0.3) is 10.9 Å². The van der Waals surface area contributed by atoms with Crippen LogP contribution in [0.15, 0.2) is 66.0 Å². The van der Waals surface area contributed by atoms with E-state index in [1.807, 2.05) is 42.6 Å². The number of hydrogen-bond acceptors (Lipinski definition) is 3. The molecule has 0 unspecified atom stereocenters. The van der Waals surface area contributed by atoms with E-state index in [1.54, 1.807) is 6.07 Å². The van der Waals surface area contributed by atoms with Crippen molar-refractivity contribution in [1.82, 2.24) is 4.98 Å². The minimum Gasteiger partial charge on any atom is -0.618 e. The lowest BCUT2D eigenvalue weighted by atomic mass is 10.2. The Balaban J connectivity index is 1.80. The summed E-state index contributed by atoms with van der Waals surface area (Å²) in [7, 11) is 0. The van der Waals surface area contributed by atoms with Crippen LogP contribution in [0.1, 0.15) is 5.56 Å². The monoisotopic (exact) mass is 268 g/mol. The molecule has 0 bridgehead atoms. The van der Waals surface area contributed by atoms with E-state index >= 15 is 0 Å². The van der Waals surface area contributed by atoms with Crippen molar-refractivity contribution in [3.63, 3.8) is 0 Å². The second-order valence-electron chi connectivity index (χ2n) is 4.19. The van der Waals surface area contributed by atoms with Gasteiger partial charge in [-0.25, -0.2) is 0 Å². The highest BCUT2D eigenvalue weighted by molar-refractivity contribution is 7.98. The van der Waals surface area contributed by atoms with Crippen molar-refractivity contribution in [1.29, 1.82) is 0 Å². The van der Waals surface area contributed by atoms with Crippen LogP contribution < -0.4 is 4.73 Å². The van der Waals surface area contributed by atoms with Gasteiger partial charge in [0.2, 0.25) is 0 Å². The van der Waals surface area contributed by atoms with Crippen LogP contribution in [-0.2, 0) is 5.75 Å². The van der Waals surface area contributed by atoms with Gasteiger partial charge in [0, 0.05) is 29.5 Å². The van der Waals surface area contributed by atoms with Crippen LogP contribution in [0.4, 0.5) is 0 Å². The minimum absolute atomic E-state index is 0.704. The van der Waals surface area contributed by atoms with Crippen molar-refractivity contribution < 1.29 is 4.73 Å². The Labute approximate surface area is 115 Å². The van der Waals surface area contributed by atoms with E-state index < -0.39 is 0 Å². The van der Waals surface area contributed by atoms with Crippen LogP contribution in [0, 0.1) is 5.21 Å². The van der Waals surface area contributed by atoms with E-state index in [-0.39, 0.29) is 0 Å². The maximum absolute atomic E-state index is 11.5. The van der Waals surface area contributed by atoms with Gasteiger partial charge in [0.1, 0.15) is 0 Å². The number of rotatable bonds is 3. The van der Waals surface area contributed by atoms with Crippen molar-refractivity contribution >= 4 is 22.7 Å². The van der Waals surface area contributed by atoms with Gasteiger partial charge in [0.25, 0.3) is 5.03 Å². The molecular weight excluding hydrogens is 256 g/mol. The summed E-state index contributed by atoms with van der Waals surface area (Å²) in [5.74, 6) is 0.740. The molecule has 0 radical (unpaired) electrons. The number of aromatic nitrogens is 2. The Bertz CT molecular complexity index is 715. The van der Waals surface area contributed by atoms with Crippen LogP contribution >= 0.6 is 11.8 Å². The number of thioether (sulfide) groups is 1. The largest absolute Gasteiger partial charge is 0.618 e. The average Bonchev–Trinajstić information content (AvgIpc) is 2.46. The van der Waals surface area contributed by atoms with Crippen LogP contribution in [-0.4, -0.2) is 4.98 Å². The SMILES string of the molecule is [O-][n+]1ccccc1SCc1cnc2ccccc2c1. The van der Waals surface area contributed by atoms with Gasteiger partial charge in [-0.3, -0.25) is 4.98 Å². The van der Waals surface area contributed by atoms with E-state index in [2.05, 4.69) is 11.1 Å². The topological polar surface area (TPSA) is 39.8 Å². The summed E-state index contributed by atoms with van der Waals surface area (Å²) in [4.78, 5) is 4.42. The van der Waals surface area contributed by atoms with Crippen LogP contribution in [0.3, 0.4) is 0 Å². The predicted molar refractivity (Wildman–Crippen MR) is 76.7 cm³/mol. The molecule has 4 heteroatoms. The fraction of sp³-hybridized carbons (Fsp3) is 0.0667. The summed E-state index contributed by atoms with van der Waals surface area (Å²) in [5.41, 5.74) is 2.11. The standard InChI is InChI=1S/C15H12N2OS/c18-17-8-4-3-7-15(17)19-11-12-9-13-5-1-2-6-14(13)16-10-12/h1-10H,11H2. The molecular formula is C15H12N2OS. The van der Waals surface area contributed by atoms with Gasteiger partial charge in [-0.1, -0.05) is 30.0 Å². The number of fused-ring (bicyclic) bond motifs is 1. The molecule has 0 fully saturated rings. The van der Waals surface area contributed by atoms with E-state index in [0.29, 0.717) is 5.03 Å². The first-order valence-corrected chi connectivity index (χ1v) is 6.96. The third-order valence-electron chi connectivity index (χ3n) is 2.82. The second kappa shape index (κ2) is 5.28. The molecule has 2 heterocycles. The predicted octanol–water partition coefficient (Wildman–Crippen LogP) is 3.16. The molecule has 0 aliphatic carbocycles. The Kier molecular flexibility index (Phi) is 3.33. The highest BCUT2D eigenvalue weighted by atomic mass is 32.2. The maximum Gasteiger partial charge on any atom is 0.251 e. The lowest BCUT2D eigenvalue weighted by Gasteiger charge is -2.04. The smallest absolute Gasteiger partial charge is 0.251 e. The van der Waals surface area contributed by atoms with E-state index in [9.17, 15) is 5.21 Å². The fourth-order valence-corrected chi connectivity index (χ4v) is 2.71. The zero-order chi connectivity index (χ0) is 13.1. The molecule has 0 saturated heterocycles. The van der Waals surface area contributed by atoms with Gasteiger partial charge >= 0.3 is 0 Å². The Hall–Kier alpha value is -2.07. The molecule has 0 aliphatic rings. The molecule has 0 atom stereocenters. The molecule has 0 amide bonds. The molecule has 2 aromatic heterocycles. The van der Waals surface area contributed by atoms with Gasteiger partial charge in [0.15, 0.2) is 6.20 Å². The quantitative estimate of drug-likeness (QED) is 0.416. The van der Waals surface area contributed by atoms with Crippen molar-refractivity contribution in [3.8, 4) is 0 Å². The molecule has 3 rings (SSSR count). The highest BCUT2D eigenvalue weighted by Gasteiger charge is 2.05. The maximum atomic E-state index is 11.5. The third kappa shape index (κ3) is 2.69. The summed E-state index contributed by atoms with van der Waals surface area (Å²) >= 11 is 1.52. The molecule has 1 aromatic carbocycles. The number of para-hydroxylation sites is 1. The van der Waals surface area contributed by atoms with Crippen molar-refractivity contribution in [2.24, 2.45) is 0 Å². The summed E-state index contributed by atoms with van der Waals surface area (Å²) in [6.07, 6.45) is 3.38. The van der Waals surface area contributed by atoms with Gasteiger partial charge in [-0.2, -0.15) is 4.73 Å². The van der Waals surface area contributed by atoms with Gasteiger partial charge in [-0.05, 0) is 23.8 Å². The summed E-state index contributed by atoms with van der Waals surface area (Å²) in [6, 6.07) is 15.6. The zero-order valence-corrected chi connectivity index (χ0v) is 11.0. The van der Waals surface area contributed by atoms with Crippen molar-refractivity contribution in [3.05, 3.63) is 71.7 Å². The first kappa shape index (κ1) is 12.0. The molecule has 94 valence electrons. The van der Waals surface area contributed by atoms with E-state index in [4.69, 9.17) is 0 Å². The van der Waals surface area contributed by atoms with Gasteiger partial charge in [-0.15, -0.1) is 0 Å². The molecule has 3 aromatic rings. The molecule has 0 aliphatic heterocycles. The molecule has 19 heavy (non-hydrogen) atoms. The Morgan fingerprint density at radius 3 is 2.84 bits per heavy atom. The number of benzene rings is 1. The van der Waals surface area contributed by atoms with Crippen molar-refractivity contribution in [2.75, 3.05) is 0 Å². The lowest BCUT2D eigenvalue weighted by molar-refractivity contribution is -0.645. The second-order valence-corrected chi connectivity index (χ2v) is 5.19. The summed E-state index contributed by atoms with van der Waals surface area (Å²) in [6.45, 7) is 0. The van der Waals surface area contributed by atoms with Crippen LogP contribution in [0.5, 0.6) is 0 Å². The zero-order valence-electron chi connectivity index (χ0n) is 10.2. The van der Waals surface area contributed by atoms with E-state index in [1.165, 1.54) is 18.0 Å². The molecule has 0 N–H and O–H groups in total. The normalized spacial score (nSPS) is 10.7. The minimum atomic E-state index is 0.704. The number of pyridine rings is 2. The first-order chi connectivity index (χ1) is 9.33. The molecule has 0 spiro atoms. The van der Waals surface area contributed by atoms with Crippen LogP contribution in [0.2, 0.25) is 0 Å². The average molecular weight is 268 g/mol. The first-order valence-electron chi connectivity index (χ1n) is 5.97.